The number of benzene rings is 1. The van der Waals surface area contributed by atoms with E-state index in [1.165, 1.54) is 0 Å². The van der Waals surface area contributed by atoms with Crippen molar-refractivity contribution < 1.29 is 14.1 Å². The fourth-order valence-electron chi connectivity index (χ4n) is 2.79. The van der Waals surface area contributed by atoms with Gasteiger partial charge in [0.2, 0.25) is 11.8 Å². The SMILES string of the molecule is CCC(=O)N(C)Cc1ccc(CNC(=O)Cc2cc(C3CC3)on2)cc1. The van der Waals surface area contributed by atoms with Gasteiger partial charge in [-0.2, -0.15) is 0 Å². The Morgan fingerprint density at radius 1 is 1.23 bits per heavy atom. The Morgan fingerprint density at radius 2 is 1.92 bits per heavy atom. The van der Waals surface area contributed by atoms with E-state index >= 15 is 0 Å². The highest BCUT2D eigenvalue weighted by Crippen LogP contribution is 2.40. The van der Waals surface area contributed by atoms with Crippen molar-refractivity contribution in [1.82, 2.24) is 15.4 Å². The van der Waals surface area contributed by atoms with Crippen molar-refractivity contribution in [2.45, 2.75) is 51.6 Å². The molecule has 138 valence electrons. The first-order chi connectivity index (χ1) is 12.5. The second-order valence-electron chi connectivity index (χ2n) is 6.87. The Morgan fingerprint density at radius 3 is 2.58 bits per heavy atom. The molecule has 6 nitrogen and oxygen atoms in total. The molecular weight excluding hydrogens is 330 g/mol. The van der Waals surface area contributed by atoms with Gasteiger partial charge in [0, 0.05) is 38.5 Å². The van der Waals surface area contributed by atoms with E-state index in [-0.39, 0.29) is 18.2 Å². The lowest BCUT2D eigenvalue weighted by Crippen LogP contribution is -2.25. The normalized spacial score (nSPS) is 13.5. The first kappa shape index (κ1) is 18.2. The van der Waals surface area contributed by atoms with Gasteiger partial charge in [-0.15, -0.1) is 0 Å². The molecule has 0 aliphatic heterocycles. The Bertz CT molecular complexity index is 763. The monoisotopic (exact) mass is 355 g/mol. The molecule has 6 heteroatoms. The maximum Gasteiger partial charge on any atom is 0.226 e. The second-order valence-corrected chi connectivity index (χ2v) is 6.87. The summed E-state index contributed by atoms with van der Waals surface area (Å²) >= 11 is 0. The van der Waals surface area contributed by atoms with Crippen LogP contribution in [0.25, 0.3) is 0 Å². The minimum Gasteiger partial charge on any atom is -0.361 e. The van der Waals surface area contributed by atoms with Gasteiger partial charge in [-0.25, -0.2) is 0 Å². The summed E-state index contributed by atoms with van der Waals surface area (Å²) in [7, 11) is 1.80. The zero-order chi connectivity index (χ0) is 18.5. The van der Waals surface area contributed by atoms with Crippen LogP contribution in [-0.2, 0) is 29.1 Å². The summed E-state index contributed by atoms with van der Waals surface area (Å²) in [6.45, 7) is 2.92. The number of rotatable bonds is 8. The largest absolute Gasteiger partial charge is 0.361 e. The van der Waals surface area contributed by atoms with Crippen LogP contribution in [0.3, 0.4) is 0 Å². The zero-order valence-corrected chi connectivity index (χ0v) is 15.3. The summed E-state index contributed by atoms with van der Waals surface area (Å²) in [6.07, 6.45) is 3.05. The van der Waals surface area contributed by atoms with Crippen LogP contribution in [-0.4, -0.2) is 28.9 Å². The molecule has 0 spiro atoms. The molecule has 0 bridgehead atoms. The number of nitrogens with zero attached hydrogens (tertiary/aromatic N) is 2. The quantitative estimate of drug-likeness (QED) is 0.790. The molecule has 0 saturated heterocycles. The third-order valence-corrected chi connectivity index (χ3v) is 4.56. The second kappa shape index (κ2) is 8.17. The van der Waals surface area contributed by atoms with Gasteiger partial charge in [0.05, 0.1) is 12.1 Å². The third-order valence-electron chi connectivity index (χ3n) is 4.56. The van der Waals surface area contributed by atoms with Gasteiger partial charge < -0.3 is 14.7 Å². The van der Waals surface area contributed by atoms with E-state index < -0.39 is 0 Å². The molecule has 1 aromatic heterocycles. The Labute approximate surface area is 153 Å². The van der Waals surface area contributed by atoms with Gasteiger partial charge in [0.1, 0.15) is 5.76 Å². The van der Waals surface area contributed by atoms with Crippen LogP contribution in [0.2, 0.25) is 0 Å². The fraction of sp³-hybridized carbons (Fsp3) is 0.450. The van der Waals surface area contributed by atoms with Gasteiger partial charge in [0.25, 0.3) is 0 Å². The smallest absolute Gasteiger partial charge is 0.226 e. The fourth-order valence-corrected chi connectivity index (χ4v) is 2.79. The number of carbonyl (C=O) groups is 2. The van der Waals surface area contributed by atoms with E-state index in [1.54, 1.807) is 11.9 Å². The topological polar surface area (TPSA) is 75.4 Å². The van der Waals surface area contributed by atoms with Crippen molar-refractivity contribution in [2.75, 3.05) is 7.05 Å². The molecule has 1 aromatic carbocycles. The summed E-state index contributed by atoms with van der Waals surface area (Å²) < 4.78 is 5.26. The molecule has 1 saturated carbocycles. The van der Waals surface area contributed by atoms with Gasteiger partial charge in [-0.1, -0.05) is 36.3 Å². The highest BCUT2D eigenvalue weighted by molar-refractivity contribution is 5.78. The molecule has 26 heavy (non-hydrogen) atoms. The average molecular weight is 355 g/mol. The van der Waals surface area contributed by atoms with Crippen molar-refractivity contribution in [3.8, 4) is 0 Å². The van der Waals surface area contributed by atoms with Crippen LogP contribution >= 0.6 is 0 Å². The lowest BCUT2D eigenvalue weighted by Gasteiger charge is -2.16. The summed E-state index contributed by atoms with van der Waals surface area (Å²) in [5.74, 6) is 1.46. The number of hydrogen-bond donors (Lipinski definition) is 1. The van der Waals surface area contributed by atoms with E-state index in [4.69, 9.17) is 4.52 Å². The first-order valence-electron chi connectivity index (χ1n) is 9.09. The number of carbonyl (C=O) groups excluding carboxylic acids is 2. The van der Waals surface area contributed by atoms with E-state index in [1.807, 2.05) is 37.3 Å². The predicted molar refractivity (Wildman–Crippen MR) is 97.2 cm³/mol. The summed E-state index contributed by atoms with van der Waals surface area (Å²) in [5, 5.41) is 6.87. The lowest BCUT2D eigenvalue weighted by atomic mass is 10.1. The molecule has 2 aromatic rings. The van der Waals surface area contributed by atoms with Gasteiger partial charge in [-0.05, 0) is 24.0 Å². The Balaban J connectivity index is 1.44. The van der Waals surface area contributed by atoms with E-state index in [9.17, 15) is 9.59 Å². The standard InChI is InChI=1S/C20H25N3O3/c1-3-20(25)23(2)13-15-6-4-14(5-7-15)12-21-19(24)11-17-10-18(26-22-17)16-8-9-16/h4-7,10,16H,3,8-9,11-13H2,1-2H3,(H,21,24). The molecule has 1 N–H and O–H groups in total. The van der Waals surface area contributed by atoms with Crippen molar-refractivity contribution in [3.63, 3.8) is 0 Å². The Kier molecular flexibility index (Phi) is 5.71. The van der Waals surface area contributed by atoms with Gasteiger partial charge >= 0.3 is 0 Å². The van der Waals surface area contributed by atoms with Crippen LogP contribution in [0.4, 0.5) is 0 Å². The molecule has 1 aliphatic carbocycles. The third kappa shape index (κ3) is 4.94. The van der Waals surface area contributed by atoms with Crippen LogP contribution < -0.4 is 5.32 Å². The highest BCUT2D eigenvalue weighted by Gasteiger charge is 2.28. The highest BCUT2D eigenvalue weighted by atomic mass is 16.5. The molecule has 1 fully saturated rings. The number of amides is 2. The number of nitrogens with one attached hydrogen (secondary N) is 1. The van der Waals surface area contributed by atoms with E-state index in [2.05, 4.69) is 10.5 Å². The molecule has 3 rings (SSSR count). The predicted octanol–water partition coefficient (Wildman–Crippen LogP) is 2.78. The van der Waals surface area contributed by atoms with Crippen LogP contribution in [0.1, 0.15) is 54.7 Å². The van der Waals surface area contributed by atoms with Crippen molar-refractivity contribution in [2.24, 2.45) is 0 Å². The zero-order valence-electron chi connectivity index (χ0n) is 15.3. The molecule has 2 amide bonds. The molecule has 0 atom stereocenters. The minimum absolute atomic E-state index is 0.0713. The van der Waals surface area contributed by atoms with E-state index in [0.717, 1.165) is 29.7 Å². The van der Waals surface area contributed by atoms with Crippen LogP contribution in [0.15, 0.2) is 34.9 Å². The molecular formula is C20H25N3O3. The van der Waals surface area contributed by atoms with Crippen molar-refractivity contribution >= 4 is 11.8 Å². The molecule has 0 radical (unpaired) electrons. The van der Waals surface area contributed by atoms with Gasteiger partial charge in [0.15, 0.2) is 0 Å². The maximum atomic E-state index is 12.1. The molecule has 1 heterocycles. The Hall–Kier alpha value is -2.63. The number of aromatic nitrogens is 1. The first-order valence-corrected chi connectivity index (χ1v) is 9.09. The molecule has 0 unspecified atom stereocenters. The lowest BCUT2D eigenvalue weighted by molar-refractivity contribution is -0.130. The van der Waals surface area contributed by atoms with E-state index in [0.29, 0.717) is 31.1 Å². The summed E-state index contributed by atoms with van der Waals surface area (Å²) in [4.78, 5) is 25.4. The average Bonchev–Trinajstić information content (AvgIpc) is 3.40. The van der Waals surface area contributed by atoms with Crippen LogP contribution in [0.5, 0.6) is 0 Å². The maximum absolute atomic E-state index is 12.1. The minimum atomic E-state index is -0.0713. The van der Waals surface area contributed by atoms with Gasteiger partial charge in [-0.3, -0.25) is 9.59 Å². The van der Waals surface area contributed by atoms with Crippen molar-refractivity contribution in [3.05, 3.63) is 52.9 Å². The summed E-state index contributed by atoms with van der Waals surface area (Å²) in [5.41, 5.74) is 2.77. The number of hydrogen-bond acceptors (Lipinski definition) is 4. The van der Waals surface area contributed by atoms with Crippen LogP contribution in [0, 0.1) is 0 Å². The van der Waals surface area contributed by atoms with Crippen molar-refractivity contribution in [1.29, 1.82) is 0 Å². The summed E-state index contributed by atoms with van der Waals surface area (Å²) in [6, 6.07) is 9.81. The molecule has 1 aliphatic rings.